The molecule has 1 amide bonds. The number of carbonyl (C=O) groups is 1. The lowest BCUT2D eigenvalue weighted by Gasteiger charge is -2.12. The molecule has 0 saturated carbocycles. The third-order valence-corrected chi connectivity index (χ3v) is 8.63. The molecule has 3 aromatic heterocycles. The molecule has 0 aliphatic carbocycles. The number of para-hydroxylation sites is 2. The van der Waals surface area contributed by atoms with Gasteiger partial charge in [-0.1, -0.05) is 36.4 Å². The normalized spacial score (nSPS) is 12.0. The van der Waals surface area contributed by atoms with Crippen LogP contribution in [-0.4, -0.2) is 33.9 Å². The first-order valence-electron chi connectivity index (χ1n) is 14.3. The van der Waals surface area contributed by atoms with E-state index in [0.29, 0.717) is 45.1 Å². The zero-order chi connectivity index (χ0) is 34.1. The number of nitrogens with two attached hydrogens (primary N) is 1. The lowest BCUT2D eigenvalue weighted by atomic mass is 10.1. The second kappa shape index (κ2) is 12.6. The monoisotopic (exact) mass is 669 g/mol. The number of rotatable bonds is 8. The molecule has 0 aliphatic rings. The van der Waals surface area contributed by atoms with Crippen LogP contribution in [0.3, 0.4) is 0 Å². The SMILES string of the molecule is Cc1ccc(-c2cn3nc(-c4cccnc4C(F)(F)F)ccc3n2)cc1NS(=O)(=O)c1cccc(C=CC(=O)Nc2ccccc2N)c1. The number of hydrogen-bond acceptors (Lipinski definition) is 7. The summed E-state index contributed by atoms with van der Waals surface area (Å²) in [7, 11) is -4.06. The molecule has 14 heteroatoms. The Labute approximate surface area is 272 Å². The number of benzene rings is 3. The van der Waals surface area contributed by atoms with Crippen molar-refractivity contribution < 1.29 is 26.4 Å². The number of imidazole rings is 1. The molecule has 4 N–H and O–H groups in total. The number of amides is 1. The van der Waals surface area contributed by atoms with Crippen LogP contribution in [0.4, 0.5) is 30.2 Å². The Kier molecular flexibility index (Phi) is 8.41. The highest BCUT2D eigenvalue weighted by molar-refractivity contribution is 7.92. The summed E-state index contributed by atoms with van der Waals surface area (Å²) in [5.41, 5.74) is 8.32. The Morgan fingerprint density at radius 3 is 2.52 bits per heavy atom. The van der Waals surface area contributed by atoms with Crippen molar-refractivity contribution in [2.24, 2.45) is 0 Å². The van der Waals surface area contributed by atoms with Crippen molar-refractivity contribution in [2.75, 3.05) is 15.8 Å². The van der Waals surface area contributed by atoms with E-state index >= 15 is 0 Å². The fourth-order valence-corrected chi connectivity index (χ4v) is 6.02. The molecule has 0 radical (unpaired) electrons. The quantitative estimate of drug-likeness (QED) is 0.119. The summed E-state index contributed by atoms with van der Waals surface area (Å²) in [6.07, 6.45) is 0.718. The lowest BCUT2D eigenvalue weighted by molar-refractivity contribution is -0.140. The summed E-state index contributed by atoms with van der Waals surface area (Å²) in [6, 6.07) is 23.6. The number of nitrogen functional groups attached to an aromatic ring is 1. The van der Waals surface area contributed by atoms with Gasteiger partial charge in [0.2, 0.25) is 5.91 Å². The molecule has 0 atom stereocenters. The van der Waals surface area contributed by atoms with Crippen LogP contribution >= 0.6 is 0 Å². The van der Waals surface area contributed by atoms with Gasteiger partial charge in [0.15, 0.2) is 11.3 Å². The summed E-state index contributed by atoms with van der Waals surface area (Å²) < 4.78 is 71.5. The van der Waals surface area contributed by atoms with E-state index in [1.54, 1.807) is 73.8 Å². The van der Waals surface area contributed by atoms with Crippen LogP contribution < -0.4 is 15.8 Å². The molecule has 0 bridgehead atoms. The number of sulfonamides is 1. The van der Waals surface area contributed by atoms with Crippen molar-refractivity contribution in [1.82, 2.24) is 19.6 Å². The Balaban J connectivity index is 1.23. The van der Waals surface area contributed by atoms with Crippen molar-refractivity contribution in [2.45, 2.75) is 18.0 Å². The van der Waals surface area contributed by atoms with E-state index in [0.717, 1.165) is 6.20 Å². The summed E-state index contributed by atoms with van der Waals surface area (Å²) in [5.74, 6) is -0.437. The standard InChI is InChI=1S/C34H26F3N7O3S/c1-21-11-13-23(30-20-44-31(40-30)15-14-27(42-44)25-8-5-17-39-33(25)34(35,36)37)19-29(21)43-48(46,47)24-7-4-6-22(18-24)12-16-32(45)41-28-10-3-2-9-26(28)38/h2-20,43H,38H2,1H3,(H,41,45). The molecule has 242 valence electrons. The fourth-order valence-electron chi connectivity index (χ4n) is 4.84. The second-order valence-electron chi connectivity index (χ2n) is 10.7. The van der Waals surface area contributed by atoms with Crippen LogP contribution in [0.5, 0.6) is 0 Å². The van der Waals surface area contributed by atoms with Crippen LogP contribution in [-0.2, 0) is 21.0 Å². The first kappa shape index (κ1) is 31.9. The number of anilines is 3. The Morgan fingerprint density at radius 1 is 0.917 bits per heavy atom. The largest absolute Gasteiger partial charge is 0.434 e. The molecule has 0 unspecified atom stereocenters. The van der Waals surface area contributed by atoms with Gasteiger partial charge in [-0.3, -0.25) is 14.5 Å². The van der Waals surface area contributed by atoms with Crippen LogP contribution in [0, 0.1) is 6.92 Å². The maximum atomic E-state index is 13.6. The molecule has 0 spiro atoms. The fraction of sp³-hybridized carbons (Fsp3) is 0.0588. The minimum atomic E-state index is -4.66. The minimum absolute atomic E-state index is 0.0275. The number of halogens is 3. The number of aromatic nitrogens is 4. The zero-order valence-corrected chi connectivity index (χ0v) is 25.9. The van der Waals surface area contributed by atoms with E-state index < -0.39 is 27.8 Å². The molecule has 0 saturated heterocycles. The third-order valence-electron chi connectivity index (χ3n) is 7.26. The average Bonchev–Trinajstić information content (AvgIpc) is 3.49. The van der Waals surface area contributed by atoms with Crippen molar-refractivity contribution in [3.05, 3.63) is 126 Å². The van der Waals surface area contributed by atoms with E-state index in [4.69, 9.17) is 5.73 Å². The molecule has 48 heavy (non-hydrogen) atoms. The third kappa shape index (κ3) is 6.88. The van der Waals surface area contributed by atoms with Crippen LogP contribution in [0.1, 0.15) is 16.8 Å². The number of nitrogens with one attached hydrogen (secondary N) is 2. The van der Waals surface area contributed by atoms with Gasteiger partial charge in [-0.15, -0.1) is 0 Å². The maximum Gasteiger partial charge on any atom is 0.434 e. The minimum Gasteiger partial charge on any atom is -0.397 e. The number of nitrogens with zero attached hydrogens (tertiary/aromatic N) is 4. The topological polar surface area (TPSA) is 144 Å². The number of fused-ring (bicyclic) bond motifs is 1. The van der Waals surface area contributed by atoms with Crippen molar-refractivity contribution in [3.8, 4) is 22.5 Å². The summed E-state index contributed by atoms with van der Waals surface area (Å²) >= 11 is 0. The first-order valence-corrected chi connectivity index (χ1v) is 15.8. The van der Waals surface area contributed by atoms with Crippen molar-refractivity contribution >= 4 is 44.7 Å². The number of alkyl halides is 3. The van der Waals surface area contributed by atoms with E-state index in [-0.39, 0.29) is 16.2 Å². The van der Waals surface area contributed by atoms with Gasteiger partial charge in [0.05, 0.1) is 39.5 Å². The highest BCUT2D eigenvalue weighted by Gasteiger charge is 2.35. The van der Waals surface area contributed by atoms with E-state index in [9.17, 15) is 26.4 Å². The van der Waals surface area contributed by atoms with Crippen molar-refractivity contribution in [3.63, 3.8) is 0 Å². The van der Waals surface area contributed by atoms with Gasteiger partial charge in [-0.25, -0.2) is 17.9 Å². The summed E-state index contributed by atoms with van der Waals surface area (Å²) in [6.45, 7) is 1.74. The zero-order valence-electron chi connectivity index (χ0n) is 25.1. The van der Waals surface area contributed by atoms with Crippen LogP contribution in [0.25, 0.3) is 34.2 Å². The smallest absolute Gasteiger partial charge is 0.397 e. The lowest BCUT2D eigenvalue weighted by Crippen LogP contribution is -2.14. The number of hydrogen-bond donors (Lipinski definition) is 3. The molecule has 6 aromatic rings. The Bertz CT molecular complexity index is 2320. The Morgan fingerprint density at radius 2 is 1.73 bits per heavy atom. The van der Waals surface area contributed by atoms with Crippen molar-refractivity contribution in [1.29, 1.82) is 0 Å². The first-order chi connectivity index (χ1) is 22.9. The van der Waals surface area contributed by atoms with Gasteiger partial charge >= 0.3 is 6.18 Å². The van der Waals surface area contributed by atoms with Gasteiger partial charge in [0, 0.05) is 23.4 Å². The number of pyridine rings is 1. The Hall–Kier alpha value is -6.02. The summed E-state index contributed by atoms with van der Waals surface area (Å²) in [4.78, 5) is 20.4. The second-order valence-corrected chi connectivity index (χ2v) is 12.3. The van der Waals surface area contributed by atoms with Gasteiger partial charge < -0.3 is 11.1 Å². The van der Waals surface area contributed by atoms with E-state index in [2.05, 4.69) is 25.1 Å². The molecule has 3 aromatic carbocycles. The van der Waals surface area contributed by atoms with Gasteiger partial charge in [-0.05, 0) is 78.7 Å². The van der Waals surface area contributed by atoms with Gasteiger partial charge in [0.25, 0.3) is 10.0 Å². The highest BCUT2D eigenvalue weighted by Crippen LogP contribution is 2.35. The molecule has 0 aliphatic heterocycles. The molecular weight excluding hydrogens is 643 g/mol. The number of aryl methyl sites for hydroxylation is 1. The molecular formula is C34H26F3N7O3S. The average molecular weight is 670 g/mol. The highest BCUT2D eigenvalue weighted by atomic mass is 32.2. The summed E-state index contributed by atoms with van der Waals surface area (Å²) in [5, 5.41) is 7.00. The number of carbonyl (C=O) groups excluding carboxylic acids is 1. The maximum absolute atomic E-state index is 13.6. The predicted octanol–water partition coefficient (Wildman–Crippen LogP) is 6.82. The van der Waals surface area contributed by atoms with Crippen LogP contribution in [0.2, 0.25) is 0 Å². The van der Waals surface area contributed by atoms with E-state index in [1.807, 2.05) is 0 Å². The van der Waals surface area contributed by atoms with Crippen LogP contribution in [0.15, 0.2) is 114 Å². The molecule has 3 heterocycles. The van der Waals surface area contributed by atoms with E-state index in [1.165, 1.54) is 47.0 Å². The molecule has 10 nitrogen and oxygen atoms in total. The van der Waals surface area contributed by atoms with Gasteiger partial charge in [-0.2, -0.15) is 18.3 Å². The molecule has 0 fully saturated rings. The predicted molar refractivity (Wildman–Crippen MR) is 177 cm³/mol. The van der Waals surface area contributed by atoms with Gasteiger partial charge in [0.1, 0.15) is 0 Å². The molecule has 6 rings (SSSR count).